The van der Waals surface area contributed by atoms with E-state index in [1.807, 2.05) is 5.38 Å². The summed E-state index contributed by atoms with van der Waals surface area (Å²) in [6.45, 7) is 0.497. The van der Waals surface area contributed by atoms with Crippen LogP contribution in [0.5, 0.6) is 0 Å². The molecule has 1 aromatic heterocycles. The van der Waals surface area contributed by atoms with Gasteiger partial charge in [-0.05, 0) is 17.7 Å². The number of aromatic nitrogens is 1. The van der Waals surface area contributed by atoms with E-state index in [0.717, 1.165) is 5.69 Å². The number of aliphatic hydroxyl groups is 1. The van der Waals surface area contributed by atoms with Gasteiger partial charge < -0.3 is 15.7 Å². The van der Waals surface area contributed by atoms with Gasteiger partial charge in [-0.15, -0.1) is 11.3 Å². The molecule has 0 aliphatic carbocycles. The number of nitrogens with zero attached hydrogens (tertiary/aromatic N) is 1. The van der Waals surface area contributed by atoms with Crippen molar-refractivity contribution in [2.24, 2.45) is 0 Å². The number of thiazole rings is 1. The van der Waals surface area contributed by atoms with Gasteiger partial charge >= 0.3 is 6.03 Å². The number of nitrogens with one attached hydrogen (secondary N) is 2. The molecule has 0 aliphatic rings. The lowest BCUT2D eigenvalue weighted by atomic mass is 10.1. The summed E-state index contributed by atoms with van der Waals surface area (Å²) in [4.78, 5) is 15.6. The highest BCUT2D eigenvalue weighted by atomic mass is 35.5. The van der Waals surface area contributed by atoms with Crippen LogP contribution in [0.25, 0.3) is 0 Å². The average Bonchev–Trinajstić information content (AvgIpc) is 2.96. The molecule has 2 rings (SSSR count). The zero-order chi connectivity index (χ0) is 14.4. The lowest BCUT2D eigenvalue weighted by Crippen LogP contribution is -2.37. The molecule has 20 heavy (non-hydrogen) atoms. The monoisotopic (exact) mass is 311 g/mol. The zero-order valence-electron chi connectivity index (χ0n) is 10.5. The number of carbonyl (C=O) groups excluding carboxylic acids is 1. The summed E-state index contributed by atoms with van der Waals surface area (Å²) in [5, 5.41) is 17.7. The largest absolute Gasteiger partial charge is 0.387 e. The highest BCUT2D eigenvalue weighted by Crippen LogP contribution is 2.15. The Morgan fingerprint density at radius 2 is 2.10 bits per heavy atom. The van der Waals surface area contributed by atoms with Gasteiger partial charge in [0.05, 0.1) is 23.9 Å². The minimum atomic E-state index is -0.766. The Labute approximate surface area is 125 Å². The summed E-state index contributed by atoms with van der Waals surface area (Å²) in [5.41, 5.74) is 3.22. The van der Waals surface area contributed by atoms with Gasteiger partial charge in [-0.25, -0.2) is 9.78 Å². The van der Waals surface area contributed by atoms with Gasteiger partial charge in [-0.1, -0.05) is 23.7 Å². The van der Waals surface area contributed by atoms with Crippen LogP contribution in [0.1, 0.15) is 17.4 Å². The summed E-state index contributed by atoms with van der Waals surface area (Å²) in [7, 11) is 0. The highest BCUT2D eigenvalue weighted by Gasteiger charge is 2.09. The number of hydrogen-bond donors (Lipinski definition) is 3. The first kappa shape index (κ1) is 14.8. The van der Waals surface area contributed by atoms with Crippen LogP contribution >= 0.6 is 22.9 Å². The van der Waals surface area contributed by atoms with Gasteiger partial charge in [0, 0.05) is 16.9 Å². The molecule has 5 nitrogen and oxygen atoms in total. The fraction of sp³-hybridized carbons (Fsp3) is 0.231. The second-order valence-electron chi connectivity index (χ2n) is 4.11. The van der Waals surface area contributed by atoms with Crippen molar-refractivity contribution in [1.82, 2.24) is 15.6 Å². The molecule has 1 unspecified atom stereocenters. The first-order chi connectivity index (χ1) is 9.65. The summed E-state index contributed by atoms with van der Waals surface area (Å²) in [5.74, 6) is 0. The lowest BCUT2D eigenvalue weighted by molar-refractivity contribution is 0.173. The Balaban J connectivity index is 1.73. The third kappa shape index (κ3) is 4.48. The molecular weight excluding hydrogens is 298 g/mol. The maximum Gasteiger partial charge on any atom is 0.315 e. The lowest BCUT2D eigenvalue weighted by Gasteiger charge is -2.12. The molecule has 0 spiro atoms. The van der Waals surface area contributed by atoms with Gasteiger partial charge in [0.2, 0.25) is 0 Å². The van der Waals surface area contributed by atoms with Crippen molar-refractivity contribution in [3.05, 3.63) is 51.4 Å². The Morgan fingerprint density at radius 1 is 1.35 bits per heavy atom. The molecule has 2 aromatic rings. The summed E-state index contributed by atoms with van der Waals surface area (Å²) < 4.78 is 0. The first-order valence-corrected chi connectivity index (χ1v) is 7.29. The van der Waals surface area contributed by atoms with Gasteiger partial charge in [0.25, 0.3) is 0 Å². The fourth-order valence-corrected chi connectivity index (χ4v) is 2.23. The van der Waals surface area contributed by atoms with Crippen LogP contribution in [0.4, 0.5) is 4.79 Å². The maximum absolute atomic E-state index is 11.5. The number of carbonyl (C=O) groups is 1. The Kier molecular flexibility index (Phi) is 5.34. The van der Waals surface area contributed by atoms with Crippen LogP contribution in [0.3, 0.4) is 0 Å². The topological polar surface area (TPSA) is 74.2 Å². The van der Waals surface area contributed by atoms with E-state index in [-0.39, 0.29) is 12.6 Å². The third-order valence-corrected chi connectivity index (χ3v) is 3.51. The van der Waals surface area contributed by atoms with Gasteiger partial charge in [-0.3, -0.25) is 0 Å². The van der Waals surface area contributed by atoms with Crippen molar-refractivity contribution in [2.75, 3.05) is 6.54 Å². The number of halogens is 1. The summed E-state index contributed by atoms with van der Waals surface area (Å²) in [6, 6.07) is 6.50. The van der Waals surface area contributed by atoms with E-state index in [9.17, 15) is 9.90 Å². The van der Waals surface area contributed by atoms with Crippen molar-refractivity contribution in [3.8, 4) is 0 Å². The minimum Gasteiger partial charge on any atom is -0.387 e. The standard InChI is InChI=1S/C13H14ClN3O2S/c14-10-3-1-9(2-4-10)12(18)6-16-13(19)15-5-11-7-20-8-17-11/h1-4,7-8,12,18H,5-6H2,(H2,15,16,19). The molecule has 0 saturated carbocycles. The number of benzene rings is 1. The molecule has 106 valence electrons. The molecule has 7 heteroatoms. The first-order valence-electron chi connectivity index (χ1n) is 5.97. The molecule has 0 saturated heterocycles. The molecule has 0 bridgehead atoms. The number of urea groups is 1. The van der Waals surface area contributed by atoms with E-state index in [4.69, 9.17) is 11.6 Å². The second kappa shape index (κ2) is 7.23. The Bertz CT molecular complexity index is 545. The molecule has 0 aliphatic heterocycles. The number of amides is 2. The number of hydrogen-bond acceptors (Lipinski definition) is 4. The van der Waals surface area contributed by atoms with Gasteiger partial charge in [-0.2, -0.15) is 0 Å². The summed E-state index contributed by atoms with van der Waals surface area (Å²) >= 11 is 7.24. The van der Waals surface area contributed by atoms with Gasteiger partial charge in [0.1, 0.15) is 0 Å². The van der Waals surface area contributed by atoms with Crippen molar-refractivity contribution in [1.29, 1.82) is 0 Å². The molecule has 0 radical (unpaired) electrons. The average molecular weight is 312 g/mol. The van der Waals surface area contributed by atoms with Crippen LogP contribution in [-0.2, 0) is 6.54 Å². The van der Waals surface area contributed by atoms with E-state index in [0.29, 0.717) is 17.1 Å². The predicted octanol–water partition coefficient (Wildman–Crippen LogP) is 2.33. The minimum absolute atomic E-state index is 0.129. The van der Waals surface area contributed by atoms with Crippen molar-refractivity contribution in [3.63, 3.8) is 0 Å². The van der Waals surface area contributed by atoms with Crippen LogP contribution in [-0.4, -0.2) is 22.7 Å². The molecule has 3 N–H and O–H groups in total. The molecule has 0 fully saturated rings. The van der Waals surface area contributed by atoms with E-state index in [2.05, 4.69) is 15.6 Å². The van der Waals surface area contributed by atoms with Crippen molar-refractivity contribution in [2.45, 2.75) is 12.6 Å². The van der Waals surface area contributed by atoms with E-state index in [1.54, 1.807) is 29.8 Å². The van der Waals surface area contributed by atoms with E-state index in [1.165, 1.54) is 11.3 Å². The van der Waals surface area contributed by atoms with E-state index >= 15 is 0 Å². The molecule has 2 amide bonds. The van der Waals surface area contributed by atoms with Crippen LogP contribution in [0, 0.1) is 0 Å². The van der Waals surface area contributed by atoms with Crippen LogP contribution < -0.4 is 10.6 Å². The smallest absolute Gasteiger partial charge is 0.315 e. The number of aliphatic hydroxyl groups excluding tert-OH is 1. The fourth-order valence-electron chi connectivity index (χ4n) is 1.55. The second-order valence-corrected chi connectivity index (χ2v) is 5.27. The SMILES string of the molecule is O=C(NCc1cscn1)NCC(O)c1ccc(Cl)cc1. The molecule has 1 heterocycles. The Hall–Kier alpha value is -1.63. The Morgan fingerprint density at radius 3 is 2.75 bits per heavy atom. The summed E-state index contributed by atoms with van der Waals surface area (Å²) in [6.07, 6.45) is -0.766. The molecule has 1 aromatic carbocycles. The van der Waals surface area contributed by atoms with E-state index < -0.39 is 6.10 Å². The maximum atomic E-state index is 11.5. The van der Waals surface area contributed by atoms with Crippen molar-refractivity contribution < 1.29 is 9.90 Å². The normalized spacial score (nSPS) is 11.9. The highest BCUT2D eigenvalue weighted by molar-refractivity contribution is 7.07. The van der Waals surface area contributed by atoms with Gasteiger partial charge in [0.15, 0.2) is 0 Å². The van der Waals surface area contributed by atoms with Crippen LogP contribution in [0.2, 0.25) is 5.02 Å². The zero-order valence-corrected chi connectivity index (χ0v) is 12.1. The number of rotatable bonds is 5. The molecular formula is C13H14ClN3O2S. The van der Waals surface area contributed by atoms with Crippen LogP contribution in [0.15, 0.2) is 35.2 Å². The predicted molar refractivity (Wildman–Crippen MR) is 78.8 cm³/mol. The van der Waals surface area contributed by atoms with Crippen molar-refractivity contribution >= 4 is 29.0 Å². The molecule has 1 atom stereocenters. The quantitative estimate of drug-likeness (QED) is 0.793. The third-order valence-electron chi connectivity index (χ3n) is 2.62.